The minimum absolute atomic E-state index is 0.0738. The molecule has 0 saturated heterocycles. The Hall–Kier alpha value is -3.40. The van der Waals surface area contributed by atoms with Crippen LogP contribution >= 0.6 is 0 Å². The molecule has 0 atom stereocenters. The van der Waals surface area contributed by atoms with Crippen molar-refractivity contribution < 1.29 is 30.8 Å². The average molecular weight is 424 g/mol. The quantitative estimate of drug-likeness (QED) is 0.600. The lowest BCUT2D eigenvalue weighted by molar-refractivity contribution is 0.102. The molecule has 0 heterocycles. The van der Waals surface area contributed by atoms with Crippen LogP contribution in [0.2, 0.25) is 0 Å². The molecule has 1 amide bonds. The molecule has 10 heteroatoms. The van der Waals surface area contributed by atoms with Crippen molar-refractivity contribution in [2.24, 2.45) is 0 Å². The van der Waals surface area contributed by atoms with E-state index in [1.165, 1.54) is 30.3 Å². The summed E-state index contributed by atoms with van der Waals surface area (Å²) < 4.78 is 79.7. The maximum Gasteiger partial charge on any atom is 0.261 e. The summed E-state index contributed by atoms with van der Waals surface area (Å²) in [4.78, 5) is 11.6. The SMILES string of the molecule is O=C(Nc1ccc(NS(=O)(=O)c2ccc(F)c(F)c2)cc1)c1cccc(F)c1F. The molecule has 0 unspecified atom stereocenters. The number of sulfonamides is 1. The standard InChI is InChI=1S/C19H12F4N2O3S/c20-15-9-8-13(10-17(15)22)29(27,28)25-12-6-4-11(5-7-12)24-19(26)14-2-1-3-16(21)18(14)23/h1-10,25H,(H,24,26). The number of hydrogen-bond donors (Lipinski definition) is 2. The van der Waals surface area contributed by atoms with E-state index in [4.69, 9.17) is 0 Å². The molecule has 0 aromatic heterocycles. The number of halogens is 4. The number of carbonyl (C=O) groups excluding carboxylic acids is 1. The lowest BCUT2D eigenvalue weighted by Crippen LogP contribution is -2.15. The van der Waals surface area contributed by atoms with Crippen LogP contribution in [0.1, 0.15) is 10.4 Å². The van der Waals surface area contributed by atoms with E-state index in [0.717, 1.165) is 18.2 Å². The van der Waals surface area contributed by atoms with E-state index >= 15 is 0 Å². The molecule has 0 radical (unpaired) electrons. The Morgan fingerprint density at radius 2 is 1.41 bits per heavy atom. The van der Waals surface area contributed by atoms with E-state index < -0.39 is 49.7 Å². The summed E-state index contributed by atoms with van der Waals surface area (Å²) in [7, 11) is -4.18. The van der Waals surface area contributed by atoms with Gasteiger partial charge in [-0.3, -0.25) is 9.52 Å². The van der Waals surface area contributed by atoms with Gasteiger partial charge < -0.3 is 5.32 Å². The number of anilines is 2. The van der Waals surface area contributed by atoms with E-state index in [1.54, 1.807) is 0 Å². The Morgan fingerprint density at radius 1 is 0.759 bits per heavy atom. The van der Waals surface area contributed by atoms with Crippen molar-refractivity contribution in [3.63, 3.8) is 0 Å². The molecular weight excluding hydrogens is 412 g/mol. The van der Waals surface area contributed by atoms with E-state index in [9.17, 15) is 30.8 Å². The molecule has 0 aliphatic rings. The molecule has 0 spiro atoms. The number of hydrogen-bond acceptors (Lipinski definition) is 3. The van der Waals surface area contributed by atoms with Crippen molar-refractivity contribution in [2.45, 2.75) is 4.90 Å². The van der Waals surface area contributed by atoms with Gasteiger partial charge in [0.15, 0.2) is 23.3 Å². The zero-order valence-corrected chi connectivity index (χ0v) is 15.2. The fourth-order valence-corrected chi connectivity index (χ4v) is 3.43. The van der Waals surface area contributed by atoms with Gasteiger partial charge in [0.1, 0.15) is 0 Å². The molecule has 0 saturated carbocycles. The molecule has 29 heavy (non-hydrogen) atoms. The van der Waals surface area contributed by atoms with Gasteiger partial charge >= 0.3 is 0 Å². The Morgan fingerprint density at radius 3 is 2.07 bits per heavy atom. The molecule has 0 aliphatic carbocycles. The van der Waals surface area contributed by atoms with Crippen molar-refractivity contribution in [3.05, 3.63) is 89.5 Å². The smallest absolute Gasteiger partial charge is 0.261 e. The van der Waals surface area contributed by atoms with E-state index in [-0.39, 0.29) is 11.4 Å². The molecule has 150 valence electrons. The van der Waals surface area contributed by atoms with Crippen LogP contribution in [0, 0.1) is 23.3 Å². The van der Waals surface area contributed by atoms with Gasteiger partial charge in [-0.1, -0.05) is 6.07 Å². The topological polar surface area (TPSA) is 75.3 Å². The Kier molecular flexibility index (Phi) is 5.55. The Labute approximate surface area is 163 Å². The number of benzene rings is 3. The molecule has 0 aliphatic heterocycles. The first-order chi connectivity index (χ1) is 13.7. The van der Waals surface area contributed by atoms with Gasteiger partial charge in [-0.05, 0) is 54.6 Å². The third-order valence-electron chi connectivity index (χ3n) is 3.79. The maximum atomic E-state index is 13.7. The summed E-state index contributed by atoms with van der Waals surface area (Å²) in [5.41, 5.74) is -0.229. The van der Waals surface area contributed by atoms with Crippen molar-refractivity contribution in [1.29, 1.82) is 0 Å². The Bertz CT molecular complexity index is 1180. The van der Waals surface area contributed by atoms with Gasteiger partial charge in [-0.15, -0.1) is 0 Å². The summed E-state index contributed by atoms with van der Waals surface area (Å²) in [6, 6.07) is 10.5. The maximum absolute atomic E-state index is 13.7. The summed E-state index contributed by atoms with van der Waals surface area (Å²) in [5, 5.41) is 2.35. The Balaban J connectivity index is 1.74. The molecule has 0 fully saturated rings. The van der Waals surface area contributed by atoms with E-state index in [2.05, 4.69) is 10.0 Å². The molecule has 3 rings (SSSR count). The zero-order valence-electron chi connectivity index (χ0n) is 14.4. The van der Waals surface area contributed by atoms with Crippen LogP contribution in [0.25, 0.3) is 0 Å². The average Bonchev–Trinajstić information content (AvgIpc) is 2.67. The van der Waals surface area contributed by atoms with Crippen LogP contribution in [0.4, 0.5) is 28.9 Å². The molecule has 0 bridgehead atoms. The van der Waals surface area contributed by atoms with Gasteiger partial charge in [0.25, 0.3) is 15.9 Å². The lowest BCUT2D eigenvalue weighted by Gasteiger charge is -2.10. The predicted molar refractivity (Wildman–Crippen MR) is 97.9 cm³/mol. The first-order valence-corrected chi connectivity index (χ1v) is 9.49. The van der Waals surface area contributed by atoms with E-state index in [1.807, 2.05) is 0 Å². The second-order valence-corrected chi connectivity index (χ2v) is 7.50. The van der Waals surface area contributed by atoms with Crippen molar-refractivity contribution in [2.75, 3.05) is 10.0 Å². The third-order valence-corrected chi connectivity index (χ3v) is 5.17. The number of carbonyl (C=O) groups is 1. The van der Waals surface area contributed by atoms with E-state index in [0.29, 0.717) is 12.1 Å². The minimum Gasteiger partial charge on any atom is -0.322 e. The third kappa shape index (κ3) is 4.54. The molecule has 2 N–H and O–H groups in total. The minimum atomic E-state index is -4.18. The van der Waals surface area contributed by atoms with Gasteiger partial charge in [0, 0.05) is 11.4 Å². The lowest BCUT2D eigenvalue weighted by atomic mass is 10.2. The molecule has 3 aromatic carbocycles. The predicted octanol–water partition coefficient (Wildman–Crippen LogP) is 4.30. The van der Waals surface area contributed by atoms with Crippen LogP contribution in [0.15, 0.2) is 65.6 Å². The second-order valence-electron chi connectivity index (χ2n) is 5.81. The van der Waals surface area contributed by atoms with Crippen LogP contribution in [-0.2, 0) is 10.0 Å². The molecule has 3 aromatic rings. The van der Waals surface area contributed by atoms with Gasteiger partial charge in [0.2, 0.25) is 0 Å². The fourth-order valence-electron chi connectivity index (χ4n) is 2.36. The van der Waals surface area contributed by atoms with Crippen LogP contribution < -0.4 is 10.0 Å². The van der Waals surface area contributed by atoms with Crippen molar-refractivity contribution >= 4 is 27.3 Å². The highest BCUT2D eigenvalue weighted by Crippen LogP contribution is 2.21. The first-order valence-electron chi connectivity index (χ1n) is 8.01. The second kappa shape index (κ2) is 7.92. The molecular formula is C19H12F4N2O3S. The summed E-state index contributed by atoms with van der Waals surface area (Å²) in [6.45, 7) is 0. The summed E-state index contributed by atoms with van der Waals surface area (Å²) >= 11 is 0. The fraction of sp³-hybridized carbons (Fsp3) is 0. The highest BCUT2D eigenvalue weighted by atomic mass is 32.2. The van der Waals surface area contributed by atoms with Gasteiger partial charge in [0.05, 0.1) is 10.5 Å². The number of rotatable bonds is 5. The zero-order chi connectivity index (χ0) is 21.2. The summed E-state index contributed by atoms with van der Waals surface area (Å²) in [6.07, 6.45) is 0. The van der Waals surface area contributed by atoms with Crippen LogP contribution in [0.3, 0.4) is 0 Å². The number of amides is 1. The monoisotopic (exact) mass is 424 g/mol. The summed E-state index contributed by atoms with van der Waals surface area (Å²) in [5.74, 6) is -5.84. The normalized spacial score (nSPS) is 11.2. The van der Waals surface area contributed by atoms with Crippen molar-refractivity contribution in [3.8, 4) is 0 Å². The van der Waals surface area contributed by atoms with Crippen LogP contribution in [0.5, 0.6) is 0 Å². The molecule has 5 nitrogen and oxygen atoms in total. The first kappa shape index (κ1) is 20.3. The van der Waals surface area contributed by atoms with Crippen molar-refractivity contribution in [1.82, 2.24) is 0 Å². The highest BCUT2D eigenvalue weighted by Gasteiger charge is 2.18. The van der Waals surface area contributed by atoms with Gasteiger partial charge in [-0.2, -0.15) is 0 Å². The highest BCUT2D eigenvalue weighted by molar-refractivity contribution is 7.92. The van der Waals surface area contributed by atoms with Gasteiger partial charge in [-0.25, -0.2) is 26.0 Å². The largest absolute Gasteiger partial charge is 0.322 e. The van der Waals surface area contributed by atoms with Crippen LogP contribution in [-0.4, -0.2) is 14.3 Å². The number of nitrogens with one attached hydrogen (secondary N) is 2.